The van der Waals surface area contributed by atoms with Crippen LogP contribution in [0, 0.1) is 5.92 Å². The lowest BCUT2D eigenvalue weighted by Gasteiger charge is -2.30. The SMILES string of the molecule is CN(CC(=O)N1CCNCC1)C(=O)CC1CCSCC1. The van der Waals surface area contributed by atoms with Crippen molar-refractivity contribution in [3.05, 3.63) is 0 Å². The molecule has 0 aliphatic carbocycles. The zero-order valence-corrected chi connectivity index (χ0v) is 13.1. The number of likely N-dealkylation sites (N-methyl/N-ethyl adjacent to an activating group) is 1. The van der Waals surface area contributed by atoms with Gasteiger partial charge in [0.25, 0.3) is 0 Å². The first kappa shape index (κ1) is 15.6. The van der Waals surface area contributed by atoms with Gasteiger partial charge in [0.2, 0.25) is 11.8 Å². The minimum Gasteiger partial charge on any atom is -0.339 e. The normalized spacial score (nSPS) is 20.8. The van der Waals surface area contributed by atoms with Crippen molar-refractivity contribution >= 4 is 23.6 Å². The highest BCUT2D eigenvalue weighted by Crippen LogP contribution is 2.25. The van der Waals surface area contributed by atoms with Crippen molar-refractivity contribution in [2.45, 2.75) is 19.3 Å². The maximum atomic E-state index is 12.2. The Morgan fingerprint density at radius 2 is 1.90 bits per heavy atom. The second-order valence-electron chi connectivity index (χ2n) is 5.64. The van der Waals surface area contributed by atoms with Crippen molar-refractivity contribution < 1.29 is 9.59 Å². The summed E-state index contributed by atoms with van der Waals surface area (Å²) < 4.78 is 0. The lowest BCUT2D eigenvalue weighted by Crippen LogP contribution is -2.49. The van der Waals surface area contributed by atoms with Gasteiger partial charge in [0.1, 0.15) is 0 Å². The van der Waals surface area contributed by atoms with E-state index in [1.54, 1.807) is 11.9 Å². The molecule has 5 nitrogen and oxygen atoms in total. The fourth-order valence-electron chi connectivity index (χ4n) is 2.66. The molecule has 0 aromatic heterocycles. The molecule has 0 spiro atoms. The summed E-state index contributed by atoms with van der Waals surface area (Å²) in [4.78, 5) is 27.7. The quantitative estimate of drug-likeness (QED) is 0.817. The van der Waals surface area contributed by atoms with Crippen LogP contribution in [0.4, 0.5) is 0 Å². The molecule has 2 aliphatic heterocycles. The highest BCUT2D eigenvalue weighted by Gasteiger charge is 2.23. The van der Waals surface area contributed by atoms with Crippen LogP contribution >= 0.6 is 11.8 Å². The minimum atomic E-state index is 0.0709. The number of hydrogen-bond acceptors (Lipinski definition) is 4. The average molecular weight is 299 g/mol. The smallest absolute Gasteiger partial charge is 0.242 e. The van der Waals surface area contributed by atoms with Crippen LogP contribution in [0.3, 0.4) is 0 Å². The zero-order chi connectivity index (χ0) is 14.4. The van der Waals surface area contributed by atoms with Crippen LogP contribution in [0.1, 0.15) is 19.3 Å². The number of amides is 2. The molecule has 0 radical (unpaired) electrons. The van der Waals surface area contributed by atoms with Gasteiger partial charge >= 0.3 is 0 Å². The largest absolute Gasteiger partial charge is 0.339 e. The Hall–Kier alpha value is -0.750. The van der Waals surface area contributed by atoms with E-state index in [2.05, 4.69) is 5.32 Å². The summed E-state index contributed by atoms with van der Waals surface area (Å²) in [5, 5.41) is 3.22. The van der Waals surface area contributed by atoms with Gasteiger partial charge in [0, 0.05) is 39.6 Å². The van der Waals surface area contributed by atoms with E-state index < -0.39 is 0 Å². The van der Waals surface area contributed by atoms with Gasteiger partial charge in [0.15, 0.2) is 0 Å². The highest BCUT2D eigenvalue weighted by atomic mass is 32.2. The van der Waals surface area contributed by atoms with Crippen LogP contribution in [0.15, 0.2) is 0 Å². The maximum absolute atomic E-state index is 12.2. The summed E-state index contributed by atoms with van der Waals surface area (Å²) in [6.07, 6.45) is 2.87. The molecule has 0 saturated carbocycles. The number of nitrogens with zero attached hydrogens (tertiary/aromatic N) is 2. The molecule has 1 N–H and O–H groups in total. The third kappa shape index (κ3) is 4.66. The summed E-state index contributed by atoms with van der Waals surface area (Å²) in [5.41, 5.74) is 0. The Labute approximate surface area is 125 Å². The van der Waals surface area contributed by atoms with Crippen LogP contribution in [-0.2, 0) is 9.59 Å². The third-order valence-corrected chi connectivity index (χ3v) is 5.12. The molecule has 0 unspecified atom stereocenters. The molecule has 2 fully saturated rings. The number of hydrogen-bond donors (Lipinski definition) is 1. The molecule has 6 heteroatoms. The van der Waals surface area contributed by atoms with Gasteiger partial charge in [-0.25, -0.2) is 0 Å². The van der Waals surface area contributed by atoms with Gasteiger partial charge in [0.05, 0.1) is 6.54 Å². The number of rotatable bonds is 4. The molecule has 114 valence electrons. The highest BCUT2D eigenvalue weighted by molar-refractivity contribution is 7.99. The van der Waals surface area contributed by atoms with Crippen molar-refractivity contribution in [1.82, 2.24) is 15.1 Å². The lowest BCUT2D eigenvalue weighted by molar-refractivity contribution is -0.140. The predicted molar refractivity (Wildman–Crippen MR) is 81.8 cm³/mol. The molecule has 0 aromatic carbocycles. The van der Waals surface area contributed by atoms with Gasteiger partial charge in [-0.1, -0.05) is 0 Å². The fourth-order valence-corrected chi connectivity index (χ4v) is 3.86. The first-order valence-electron chi connectivity index (χ1n) is 7.47. The Morgan fingerprint density at radius 1 is 1.25 bits per heavy atom. The van der Waals surface area contributed by atoms with Crippen molar-refractivity contribution in [3.63, 3.8) is 0 Å². The lowest BCUT2D eigenvalue weighted by atomic mass is 9.98. The number of piperazine rings is 1. The Balaban J connectivity index is 1.73. The second-order valence-corrected chi connectivity index (χ2v) is 6.87. The van der Waals surface area contributed by atoms with Crippen LogP contribution in [0.25, 0.3) is 0 Å². The monoisotopic (exact) mass is 299 g/mol. The summed E-state index contributed by atoms with van der Waals surface area (Å²) in [6, 6.07) is 0. The van der Waals surface area contributed by atoms with Crippen LogP contribution in [0.2, 0.25) is 0 Å². The van der Waals surface area contributed by atoms with E-state index in [1.165, 1.54) is 11.5 Å². The van der Waals surface area contributed by atoms with Gasteiger partial charge < -0.3 is 15.1 Å². The summed E-state index contributed by atoms with van der Waals surface area (Å²) >= 11 is 1.97. The molecule has 2 saturated heterocycles. The number of thioether (sulfide) groups is 1. The van der Waals surface area contributed by atoms with E-state index >= 15 is 0 Å². The van der Waals surface area contributed by atoms with Crippen LogP contribution < -0.4 is 5.32 Å². The topological polar surface area (TPSA) is 52.7 Å². The number of carbonyl (C=O) groups excluding carboxylic acids is 2. The van der Waals surface area contributed by atoms with Gasteiger partial charge in [-0.3, -0.25) is 9.59 Å². The molecule has 2 amide bonds. The van der Waals surface area contributed by atoms with E-state index in [4.69, 9.17) is 0 Å². The zero-order valence-electron chi connectivity index (χ0n) is 12.3. The first-order valence-corrected chi connectivity index (χ1v) is 8.62. The van der Waals surface area contributed by atoms with Crippen molar-refractivity contribution in [3.8, 4) is 0 Å². The van der Waals surface area contributed by atoms with E-state index in [0.717, 1.165) is 39.0 Å². The average Bonchev–Trinajstić information content (AvgIpc) is 2.49. The molecular weight excluding hydrogens is 274 g/mol. The Morgan fingerprint density at radius 3 is 2.55 bits per heavy atom. The molecule has 0 atom stereocenters. The van der Waals surface area contributed by atoms with Gasteiger partial charge in [-0.2, -0.15) is 11.8 Å². The molecule has 0 aromatic rings. The van der Waals surface area contributed by atoms with Gasteiger partial charge in [-0.15, -0.1) is 0 Å². The maximum Gasteiger partial charge on any atom is 0.242 e. The van der Waals surface area contributed by atoms with E-state index in [9.17, 15) is 9.59 Å². The second kappa shape index (κ2) is 7.88. The molecule has 2 aliphatic rings. The molecule has 2 rings (SSSR count). The predicted octanol–water partition coefficient (Wildman–Crippen LogP) is 0.410. The van der Waals surface area contributed by atoms with E-state index in [0.29, 0.717) is 12.3 Å². The van der Waals surface area contributed by atoms with Gasteiger partial charge in [-0.05, 0) is 30.3 Å². The molecule has 2 heterocycles. The Kier molecular flexibility index (Phi) is 6.16. The van der Waals surface area contributed by atoms with E-state index in [-0.39, 0.29) is 18.4 Å². The molecule has 0 bridgehead atoms. The number of carbonyl (C=O) groups is 2. The summed E-state index contributed by atoms with van der Waals surface area (Å²) in [7, 11) is 1.75. The van der Waals surface area contributed by atoms with Crippen molar-refractivity contribution in [2.75, 3.05) is 51.3 Å². The van der Waals surface area contributed by atoms with E-state index in [1.807, 2.05) is 16.7 Å². The number of nitrogens with one attached hydrogen (secondary N) is 1. The minimum absolute atomic E-state index is 0.0709. The molecule has 20 heavy (non-hydrogen) atoms. The first-order chi connectivity index (χ1) is 9.66. The van der Waals surface area contributed by atoms with Crippen molar-refractivity contribution in [1.29, 1.82) is 0 Å². The summed E-state index contributed by atoms with van der Waals surface area (Å²) in [6.45, 7) is 3.42. The fraction of sp³-hybridized carbons (Fsp3) is 0.857. The standard InChI is InChI=1S/C14H25N3O2S/c1-16(11-14(19)17-6-4-15-5-7-17)13(18)10-12-2-8-20-9-3-12/h12,15H,2-11H2,1H3. The van der Waals surface area contributed by atoms with Crippen LogP contribution in [0.5, 0.6) is 0 Å². The van der Waals surface area contributed by atoms with Crippen LogP contribution in [-0.4, -0.2) is 72.9 Å². The Bertz CT molecular complexity index is 339. The van der Waals surface area contributed by atoms with Crippen molar-refractivity contribution in [2.24, 2.45) is 5.92 Å². The third-order valence-electron chi connectivity index (χ3n) is 4.07. The summed E-state index contributed by atoms with van der Waals surface area (Å²) in [5.74, 6) is 3.04. The molecular formula is C14H25N3O2S.